The Bertz CT molecular complexity index is 1470. The fourth-order valence-electron chi connectivity index (χ4n) is 5.55. The molecule has 3 aromatic rings. The van der Waals surface area contributed by atoms with Gasteiger partial charge in [0.1, 0.15) is 0 Å². The predicted octanol–water partition coefficient (Wildman–Crippen LogP) is 6.81. The van der Waals surface area contributed by atoms with Crippen LogP contribution in [0, 0.1) is 10.1 Å². The molecule has 2 aliphatic rings. The molecule has 0 saturated heterocycles. The molecule has 0 radical (unpaired) electrons. The van der Waals surface area contributed by atoms with E-state index in [4.69, 9.17) is 0 Å². The number of para-hydroxylation sites is 2. The van der Waals surface area contributed by atoms with E-state index in [0.717, 1.165) is 16.9 Å². The minimum atomic E-state index is -0.782. The van der Waals surface area contributed by atoms with Crippen molar-refractivity contribution >= 4 is 28.8 Å². The van der Waals surface area contributed by atoms with Crippen molar-refractivity contribution in [2.75, 3.05) is 10.2 Å². The van der Waals surface area contributed by atoms with E-state index in [9.17, 15) is 19.7 Å². The van der Waals surface area contributed by atoms with Crippen LogP contribution < -0.4 is 10.2 Å². The molecule has 1 amide bonds. The number of non-ortho nitro benzene ring substituents is 1. The topological polar surface area (TPSA) is 92.6 Å². The van der Waals surface area contributed by atoms with Crippen LogP contribution in [-0.2, 0) is 15.0 Å². The monoisotopic (exact) mass is 509 g/mol. The Hall–Kier alpha value is -4.26. The van der Waals surface area contributed by atoms with E-state index >= 15 is 0 Å². The number of hydrogen-bond donors (Lipinski definition) is 1. The van der Waals surface area contributed by atoms with Crippen LogP contribution in [-0.4, -0.2) is 16.6 Å². The van der Waals surface area contributed by atoms with Gasteiger partial charge in [0.25, 0.3) is 5.69 Å². The van der Waals surface area contributed by atoms with Crippen molar-refractivity contribution in [3.63, 3.8) is 0 Å². The van der Waals surface area contributed by atoms with Gasteiger partial charge >= 0.3 is 0 Å². The number of carbonyl (C=O) groups excluding carboxylic acids is 2. The molecule has 1 heterocycles. The third-order valence-electron chi connectivity index (χ3n) is 7.47. The summed E-state index contributed by atoms with van der Waals surface area (Å²) in [6, 6.07) is 21.4. The summed E-state index contributed by atoms with van der Waals surface area (Å²) in [4.78, 5) is 39.8. The zero-order chi connectivity index (χ0) is 27.2. The Morgan fingerprint density at radius 3 is 2.34 bits per heavy atom. The van der Waals surface area contributed by atoms with Gasteiger partial charge in [-0.05, 0) is 46.6 Å². The third kappa shape index (κ3) is 4.60. The highest BCUT2D eigenvalue weighted by Gasteiger charge is 2.41. The summed E-state index contributed by atoms with van der Waals surface area (Å²) in [5.41, 5.74) is 5.38. The molecule has 0 spiro atoms. The number of rotatable bonds is 3. The summed E-state index contributed by atoms with van der Waals surface area (Å²) in [6.45, 7) is 7.97. The second-order valence-electron chi connectivity index (χ2n) is 11.1. The van der Waals surface area contributed by atoms with Crippen LogP contribution in [0.1, 0.15) is 69.2 Å². The molecule has 0 saturated carbocycles. The highest BCUT2D eigenvalue weighted by atomic mass is 16.6. The number of nitrogens with zero attached hydrogens (tertiary/aromatic N) is 2. The zero-order valence-corrected chi connectivity index (χ0v) is 22.0. The van der Waals surface area contributed by atoms with Crippen LogP contribution >= 0.6 is 0 Å². The van der Waals surface area contributed by atoms with Gasteiger partial charge in [-0.25, -0.2) is 0 Å². The average Bonchev–Trinajstić information content (AvgIpc) is 3.03. The second kappa shape index (κ2) is 9.56. The number of hydrogen-bond acceptors (Lipinski definition) is 5. The molecule has 0 aromatic heterocycles. The summed E-state index contributed by atoms with van der Waals surface area (Å²) in [6.07, 6.45) is 0.879. The van der Waals surface area contributed by atoms with Gasteiger partial charge < -0.3 is 5.32 Å². The van der Waals surface area contributed by atoms with Gasteiger partial charge in [-0.1, -0.05) is 69.3 Å². The van der Waals surface area contributed by atoms with Crippen LogP contribution in [0.5, 0.6) is 0 Å². The fourth-order valence-corrected chi connectivity index (χ4v) is 5.55. The van der Waals surface area contributed by atoms with Gasteiger partial charge in [-0.15, -0.1) is 0 Å². The standard InChI is InChI=1S/C31H31N3O4/c1-19(35)33-27-11-6-5-10-25(27)32-26-17-22(20-12-14-23(15-13-20)31(2,3)4)18-28(36)29(26)30(33)21-8-7-9-24(16-21)34(37)38/h5-16,22,30,32H,17-18H2,1-4H3/t22-,30+/m0/s1. The van der Waals surface area contributed by atoms with E-state index in [-0.39, 0.29) is 28.7 Å². The Kier molecular flexibility index (Phi) is 6.39. The summed E-state index contributed by atoms with van der Waals surface area (Å²) < 4.78 is 0. The molecular formula is C31H31N3O4. The third-order valence-corrected chi connectivity index (χ3v) is 7.47. The molecule has 1 aliphatic heterocycles. The van der Waals surface area contributed by atoms with Crippen LogP contribution in [0.2, 0.25) is 0 Å². The number of anilines is 2. The molecule has 1 N–H and O–H groups in total. The minimum absolute atomic E-state index is 0.0235. The van der Waals surface area contributed by atoms with Crippen molar-refractivity contribution in [3.05, 3.63) is 111 Å². The van der Waals surface area contributed by atoms with Crippen LogP contribution in [0.3, 0.4) is 0 Å². The largest absolute Gasteiger partial charge is 0.357 e. The highest BCUT2D eigenvalue weighted by Crippen LogP contribution is 2.47. The van der Waals surface area contributed by atoms with Crippen LogP contribution in [0.4, 0.5) is 17.1 Å². The number of benzene rings is 3. The first-order valence-electron chi connectivity index (χ1n) is 12.8. The molecule has 194 valence electrons. The quantitative estimate of drug-likeness (QED) is 0.309. The van der Waals surface area contributed by atoms with Gasteiger partial charge in [0.05, 0.1) is 22.3 Å². The maximum atomic E-state index is 13.9. The molecule has 0 unspecified atom stereocenters. The van der Waals surface area contributed by atoms with Crippen molar-refractivity contribution in [2.24, 2.45) is 0 Å². The van der Waals surface area contributed by atoms with Crippen molar-refractivity contribution in [1.82, 2.24) is 0 Å². The number of nitro groups is 1. The maximum absolute atomic E-state index is 13.9. The van der Waals surface area contributed by atoms with Gasteiger partial charge in [0.15, 0.2) is 5.78 Å². The van der Waals surface area contributed by atoms with Crippen LogP contribution in [0.15, 0.2) is 84.1 Å². The number of ketones is 1. The lowest BCUT2D eigenvalue weighted by Gasteiger charge is -2.34. The molecule has 38 heavy (non-hydrogen) atoms. The van der Waals surface area contributed by atoms with Crippen molar-refractivity contribution in [3.8, 4) is 0 Å². The van der Waals surface area contributed by atoms with Crippen molar-refractivity contribution in [2.45, 2.75) is 57.9 Å². The molecule has 7 nitrogen and oxygen atoms in total. The Balaban J connectivity index is 1.65. The van der Waals surface area contributed by atoms with Crippen molar-refractivity contribution < 1.29 is 14.5 Å². The van der Waals surface area contributed by atoms with Gasteiger partial charge in [0, 0.05) is 36.7 Å². The van der Waals surface area contributed by atoms with Crippen molar-refractivity contribution in [1.29, 1.82) is 0 Å². The SMILES string of the molecule is CC(=O)N1c2ccccc2NC2=C(C(=O)C[C@@H](c3ccc(C(C)(C)C)cc3)C2)[C@H]1c1cccc([N+](=O)[O-])c1. The highest BCUT2D eigenvalue weighted by molar-refractivity contribution is 6.06. The Morgan fingerprint density at radius 1 is 0.974 bits per heavy atom. The van der Waals surface area contributed by atoms with E-state index in [1.807, 2.05) is 24.3 Å². The van der Waals surface area contributed by atoms with Gasteiger partial charge in [-0.3, -0.25) is 24.6 Å². The number of fused-ring (bicyclic) bond motifs is 1. The lowest BCUT2D eigenvalue weighted by atomic mass is 9.77. The lowest BCUT2D eigenvalue weighted by Crippen LogP contribution is -2.37. The van der Waals surface area contributed by atoms with E-state index < -0.39 is 11.0 Å². The summed E-state index contributed by atoms with van der Waals surface area (Å²) in [7, 11) is 0. The summed E-state index contributed by atoms with van der Waals surface area (Å²) in [5, 5.41) is 15.1. The van der Waals surface area contributed by atoms with Crippen LogP contribution in [0.25, 0.3) is 0 Å². The molecule has 3 aromatic carbocycles. The van der Waals surface area contributed by atoms with E-state index in [1.54, 1.807) is 17.0 Å². The maximum Gasteiger partial charge on any atom is 0.269 e. The number of nitro benzene ring substituents is 1. The Labute approximate surface area is 222 Å². The first-order valence-corrected chi connectivity index (χ1v) is 12.8. The number of Topliss-reactive ketones (excluding diaryl/α,β-unsaturated/α-hetero) is 1. The van der Waals surface area contributed by atoms with Gasteiger partial charge in [-0.2, -0.15) is 0 Å². The van der Waals surface area contributed by atoms with Gasteiger partial charge in [0.2, 0.25) is 5.91 Å². The molecule has 0 bridgehead atoms. The molecule has 5 rings (SSSR count). The summed E-state index contributed by atoms with van der Waals surface area (Å²) >= 11 is 0. The second-order valence-corrected chi connectivity index (χ2v) is 11.1. The predicted molar refractivity (Wildman–Crippen MR) is 148 cm³/mol. The molecule has 0 fully saturated rings. The fraction of sp³-hybridized carbons (Fsp3) is 0.290. The average molecular weight is 510 g/mol. The number of carbonyl (C=O) groups is 2. The first-order chi connectivity index (χ1) is 18.0. The van der Waals surface area contributed by atoms with E-state index in [1.165, 1.54) is 24.6 Å². The van der Waals surface area contributed by atoms with E-state index in [0.29, 0.717) is 29.7 Å². The lowest BCUT2D eigenvalue weighted by molar-refractivity contribution is -0.384. The molecule has 2 atom stereocenters. The number of nitrogens with one attached hydrogen (secondary N) is 1. The number of allylic oxidation sites excluding steroid dienone is 1. The normalized spacial score (nSPS) is 19.3. The summed E-state index contributed by atoms with van der Waals surface area (Å²) in [5.74, 6) is -0.346. The smallest absolute Gasteiger partial charge is 0.269 e. The zero-order valence-electron chi connectivity index (χ0n) is 22.0. The molecule has 1 aliphatic carbocycles. The Morgan fingerprint density at radius 2 is 1.68 bits per heavy atom. The molecular weight excluding hydrogens is 478 g/mol. The molecule has 7 heteroatoms. The number of amides is 1. The minimum Gasteiger partial charge on any atom is -0.357 e. The first kappa shape index (κ1) is 25.4. The van der Waals surface area contributed by atoms with E-state index in [2.05, 4.69) is 50.4 Å².